The summed E-state index contributed by atoms with van der Waals surface area (Å²) in [5.74, 6) is 0.924. The van der Waals surface area contributed by atoms with E-state index in [1.54, 1.807) is 0 Å². The van der Waals surface area contributed by atoms with Crippen LogP contribution in [0.15, 0.2) is 18.2 Å². The van der Waals surface area contributed by atoms with Crippen LogP contribution in [0.1, 0.15) is 36.8 Å². The molecular formula is C18H23NO3. The van der Waals surface area contributed by atoms with Crippen LogP contribution in [0.25, 0.3) is 0 Å². The van der Waals surface area contributed by atoms with Crippen molar-refractivity contribution in [2.45, 2.75) is 44.1 Å². The van der Waals surface area contributed by atoms with Gasteiger partial charge < -0.3 is 14.4 Å². The maximum Gasteiger partial charge on any atom is 0.261 e. The lowest BCUT2D eigenvalue weighted by atomic mass is 9.75. The standard InChI is InChI=1S/C18H23NO3/c20-17(19-9-10-21-13-18(19)7-2-8-18)12-22-16-6-5-14-3-1-4-15(14)11-16/h5-6,11H,1-4,7-10,12-13H2. The highest BCUT2D eigenvalue weighted by Crippen LogP contribution is 2.39. The molecule has 0 aromatic heterocycles. The van der Waals surface area contributed by atoms with Gasteiger partial charge in [-0.3, -0.25) is 4.79 Å². The second-order valence-electron chi connectivity index (χ2n) is 6.75. The number of ether oxygens (including phenoxy) is 2. The molecule has 1 amide bonds. The largest absolute Gasteiger partial charge is 0.484 e. The molecule has 1 aliphatic heterocycles. The second kappa shape index (κ2) is 5.58. The quantitative estimate of drug-likeness (QED) is 0.860. The minimum absolute atomic E-state index is 0.0311. The average molecular weight is 301 g/mol. The fraction of sp³-hybridized carbons (Fsp3) is 0.611. The smallest absolute Gasteiger partial charge is 0.261 e. The molecule has 1 saturated carbocycles. The first-order valence-corrected chi connectivity index (χ1v) is 8.40. The normalized spacial score (nSPS) is 22.3. The molecule has 1 spiro atoms. The maximum atomic E-state index is 12.6. The average Bonchev–Trinajstić information content (AvgIpc) is 2.98. The number of morpholine rings is 1. The Morgan fingerprint density at radius 3 is 2.91 bits per heavy atom. The summed E-state index contributed by atoms with van der Waals surface area (Å²) >= 11 is 0. The van der Waals surface area contributed by atoms with E-state index in [9.17, 15) is 4.79 Å². The molecule has 22 heavy (non-hydrogen) atoms. The van der Waals surface area contributed by atoms with Gasteiger partial charge in [-0.2, -0.15) is 0 Å². The van der Waals surface area contributed by atoms with Gasteiger partial charge in [-0.25, -0.2) is 0 Å². The molecule has 4 heteroatoms. The third-order valence-electron chi connectivity index (χ3n) is 5.42. The Labute approximate surface area is 131 Å². The van der Waals surface area contributed by atoms with Crippen LogP contribution in [0.2, 0.25) is 0 Å². The Bertz CT molecular complexity index is 580. The molecule has 1 heterocycles. The summed E-state index contributed by atoms with van der Waals surface area (Å²) in [5.41, 5.74) is 2.78. The molecule has 0 radical (unpaired) electrons. The maximum absolute atomic E-state index is 12.6. The summed E-state index contributed by atoms with van der Waals surface area (Å²) < 4.78 is 11.4. The fourth-order valence-corrected chi connectivity index (χ4v) is 3.98. The van der Waals surface area contributed by atoms with Gasteiger partial charge in [0.05, 0.1) is 18.8 Å². The van der Waals surface area contributed by atoms with E-state index in [1.807, 2.05) is 11.0 Å². The van der Waals surface area contributed by atoms with E-state index in [0.717, 1.165) is 25.0 Å². The van der Waals surface area contributed by atoms with Crippen molar-refractivity contribution in [1.29, 1.82) is 0 Å². The van der Waals surface area contributed by atoms with Gasteiger partial charge in [0, 0.05) is 6.54 Å². The summed E-state index contributed by atoms with van der Waals surface area (Å²) in [4.78, 5) is 14.6. The molecule has 0 unspecified atom stereocenters. The second-order valence-corrected chi connectivity index (χ2v) is 6.75. The molecule has 2 aliphatic carbocycles. The van der Waals surface area contributed by atoms with Crippen molar-refractivity contribution in [1.82, 2.24) is 4.90 Å². The number of carbonyl (C=O) groups is 1. The number of benzene rings is 1. The van der Waals surface area contributed by atoms with E-state index in [0.29, 0.717) is 19.8 Å². The molecule has 118 valence electrons. The van der Waals surface area contributed by atoms with Crippen LogP contribution in [-0.4, -0.2) is 42.7 Å². The zero-order valence-corrected chi connectivity index (χ0v) is 13.0. The van der Waals surface area contributed by atoms with Crippen LogP contribution in [0.3, 0.4) is 0 Å². The van der Waals surface area contributed by atoms with Crippen LogP contribution in [0.5, 0.6) is 5.75 Å². The number of aryl methyl sites for hydroxylation is 2. The van der Waals surface area contributed by atoms with Gasteiger partial charge in [0.25, 0.3) is 5.91 Å². The van der Waals surface area contributed by atoms with Gasteiger partial charge in [-0.1, -0.05) is 6.07 Å². The van der Waals surface area contributed by atoms with Gasteiger partial charge in [0.15, 0.2) is 6.61 Å². The zero-order valence-electron chi connectivity index (χ0n) is 13.0. The van der Waals surface area contributed by atoms with Crippen molar-refractivity contribution in [3.63, 3.8) is 0 Å². The number of carbonyl (C=O) groups excluding carboxylic acids is 1. The number of hydrogen-bond donors (Lipinski definition) is 0. The lowest BCUT2D eigenvalue weighted by molar-refractivity contribution is -0.160. The number of rotatable bonds is 3. The molecule has 0 N–H and O–H groups in total. The zero-order chi connectivity index (χ0) is 15.0. The Morgan fingerprint density at radius 1 is 1.23 bits per heavy atom. The van der Waals surface area contributed by atoms with Gasteiger partial charge >= 0.3 is 0 Å². The van der Waals surface area contributed by atoms with E-state index >= 15 is 0 Å². The molecule has 3 aliphatic rings. The Hall–Kier alpha value is -1.55. The Balaban J connectivity index is 1.39. The van der Waals surface area contributed by atoms with E-state index in [4.69, 9.17) is 9.47 Å². The SMILES string of the molecule is O=C(COc1ccc2c(c1)CCC2)N1CCOCC12CCC2. The third-order valence-corrected chi connectivity index (χ3v) is 5.42. The van der Waals surface area contributed by atoms with Crippen LogP contribution in [0, 0.1) is 0 Å². The predicted molar refractivity (Wildman–Crippen MR) is 83.1 cm³/mol. The summed E-state index contributed by atoms with van der Waals surface area (Å²) in [5, 5.41) is 0. The number of amides is 1. The van der Waals surface area contributed by atoms with E-state index in [1.165, 1.54) is 30.4 Å². The minimum Gasteiger partial charge on any atom is -0.484 e. The van der Waals surface area contributed by atoms with Gasteiger partial charge in [0.2, 0.25) is 0 Å². The van der Waals surface area contributed by atoms with E-state index < -0.39 is 0 Å². The number of fused-ring (bicyclic) bond motifs is 1. The number of nitrogens with zero attached hydrogens (tertiary/aromatic N) is 1. The summed E-state index contributed by atoms with van der Waals surface area (Å²) in [6.07, 6.45) is 6.86. The number of hydrogen-bond acceptors (Lipinski definition) is 3. The van der Waals surface area contributed by atoms with Crippen LogP contribution in [0.4, 0.5) is 0 Å². The van der Waals surface area contributed by atoms with E-state index in [2.05, 4.69) is 12.1 Å². The molecular weight excluding hydrogens is 278 g/mol. The molecule has 4 rings (SSSR count). The topological polar surface area (TPSA) is 38.8 Å². The minimum atomic E-state index is -0.0311. The predicted octanol–water partition coefficient (Wildman–Crippen LogP) is 2.34. The van der Waals surface area contributed by atoms with Crippen molar-refractivity contribution < 1.29 is 14.3 Å². The third kappa shape index (κ3) is 2.39. The monoisotopic (exact) mass is 301 g/mol. The Kier molecular flexibility index (Phi) is 3.57. The first-order chi connectivity index (χ1) is 10.8. The van der Waals surface area contributed by atoms with Crippen molar-refractivity contribution in [3.05, 3.63) is 29.3 Å². The van der Waals surface area contributed by atoms with Crippen molar-refractivity contribution >= 4 is 5.91 Å². The van der Waals surface area contributed by atoms with Crippen molar-refractivity contribution in [2.24, 2.45) is 0 Å². The highest BCUT2D eigenvalue weighted by molar-refractivity contribution is 5.79. The fourth-order valence-electron chi connectivity index (χ4n) is 3.98. The lowest BCUT2D eigenvalue weighted by Gasteiger charge is -2.52. The van der Waals surface area contributed by atoms with Gasteiger partial charge in [-0.05, 0) is 61.8 Å². The molecule has 0 atom stereocenters. The van der Waals surface area contributed by atoms with Gasteiger partial charge in [0.1, 0.15) is 5.75 Å². The molecule has 1 aromatic carbocycles. The van der Waals surface area contributed by atoms with Gasteiger partial charge in [-0.15, -0.1) is 0 Å². The summed E-state index contributed by atoms with van der Waals surface area (Å²) in [7, 11) is 0. The van der Waals surface area contributed by atoms with Crippen molar-refractivity contribution in [2.75, 3.05) is 26.4 Å². The molecule has 1 saturated heterocycles. The molecule has 2 fully saturated rings. The first kappa shape index (κ1) is 14.1. The van der Waals surface area contributed by atoms with E-state index in [-0.39, 0.29) is 18.1 Å². The lowest BCUT2D eigenvalue weighted by Crippen LogP contribution is -2.63. The van der Waals surface area contributed by atoms with Crippen molar-refractivity contribution in [3.8, 4) is 5.75 Å². The Morgan fingerprint density at radius 2 is 2.09 bits per heavy atom. The molecule has 4 nitrogen and oxygen atoms in total. The molecule has 0 bridgehead atoms. The van der Waals surface area contributed by atoms with Crippen LogP contribution in [-0.2, 0) is 22.4 Å². The highest BCUT2D eigenvalue weighted by atomic mass is 16.5. The summed E-state index contributed by atoms with van der Waals surface area (Å²) in [6, 6.07) is 6.24. The first-order valence-electron chi connectivity index (χ1n) is 8.40. The van der Waals surface area contributed by atoms with Crippen LogP contribution >= 0.6 is 0 Å². The highest BCUT2D eigenvalue weighted by Gasteiger charge is 2.46. The van der Waals surface area contributed by atoms with Crippen LogP contribution < -0.4 is 4.74 Å². The summed E-state index contributed by atoms with van der Waals surface area (Å²) in [6.45, 7) is 2.18. The molecule has 1 aromatic rings.